The highest BCUT2D eigenvalue weighted by atomic mass is 35.5. The van der Waals surface area contributed by atoms with Gasteiger partial charge < -0.3 is 19.7 Å². The van der Waals surface area contributed by atoms with Crippen LogP contribution in [0.15, 0.2) is 48.5 Å². The van der Waals surface area contributed by atoms with Crippen molar-refractivity contribution in [1.82, 2.24) is 10.2 Å². The second kappa shape index (κ2) is 14.3. The van der Waals surface area contributed by atoms with Crippen LogP contribution in [0, 0.1) is 5.92 Å². The lowest BCUT2D eigenvalue weighted by Crippen LogP contribution is -2.37. The summed E-state index contributed by atoms with van der Waals surface area (Å²) >= 11 is 12.5. The van der Waals surface area contributed by atoms with Crippen molar-refractivity contribution < 1.29 is 14.3 Å². The third-order valence-electron chi connectivity index (χ3n) is 7.37. The Morgan fingerprint density at radius 1 is 1.06 bits per heavy atom. The van der Waals surface area contributed by atoms with Gasteiger partial charge in [-0.05, 0) is 93.8 Å². The van der Waals surface area contributed by atoms with E-state index in [0.29, 0.717) is 23.2 Å². The first-order valence-corrected chi connectivity index (χ1v) is 14.0. The van der Waals surface area contributed by atoms with Crippen LogP contribution in [0.5, 0.6) is 0 Å². The number of nitrogens with one attached hydrogen (secondary N) is 1. The molecule has 5 nitrogen and oxygen atoms in total. The first-order chi connectivity index (χ1) is 17.6. The maximum atomic E-state index is 12.5. The Balaban J connectivity index is 1.26. The van der Waals surface area contributed by atoms with Gasteiger partial charge in [-0.1, -0.05) is 59.6 Å². The molecule has 196 valence electrons. The third kappa shape index (κ3) is 8.74. The molecule has 4 rings (SSSR count). The van der Waals surface area contributed by atoms with E-state index in [1.807, 2.05) is 18.2 Å². The number of carbonyl (C=O) groups excluding carboxylic acids is 1. The molecule has 1 N–H and O–H groups in total. The summed E-state index contributed by atoms with van der Waals surface area (Å²) in [7, 11) is 0. The Labute approximate surface area is 225 Å². The number of hydrogen-bond acceptors (Lipinski definition) is 4. The molecule has 2 heterocycles. The first-order valence-electron chi connectivity index (χ1n) is 13.3. The lowest BCUT2D eigenvalue weighted by molar-refractivity contribution is -0.170. The van der Waals surface area contributed by atoms with Crippen LogP contribution in [-0.2, 0) is 20.7 Å². The summed E-state index contributed by atoms with van der Waals surface area (Å²) in [5, 5.41) is 4.16. The van der Waals surface area contributed by atoms with Gasteiger partial charge in [0.2, 0.25) is 5.91 Å². The van der Waals surface area contributed by atoms with E-state index >= 15 is 0 Å². The van der Waals surface area contributed by atoms with Gasteiger partial charge >= 0.3 is 0 Å². The number of carbonyl (C=O) groups is 1. The molecule has 0 aromatic heterocycles. The van der Waals surface area contributed by atoms with Crippen LogP contribution in [0.3, 0.4) is 0 Å². The van der Waals surface area contributed by atoms with Crippen molar-refractivity contribution in [2.24, 2.45) is 5.92 Å². The van der Waals surface area contributed by atoms with Crippen molar-refractivity contribution in [3.05, 3.63) is 69.7 Å². The first kappa shape index (κ1) is 27.4. The average molecular weight is 534 g/mol. The van der Waals surface area contributed by atoms with Crippen molar-refractivity contribution >= 4 is 29.1 Å². The van der Waals surface area contributed by atoms with E-state index in [1.165, 1.54) is 24.8 Å². The largest absolute Gasteiger partial charge is 0.353 e. The summed E-state index contributed by atoms with van der Waals surface area (Å²) in [5.41, 5.74) is 2.53. The van der Waals surface area contributed by atoms with Gasteiger partial charge in [0.1, 0.15) is 6.61 Å². The molecule has 1 amide bonds. The van der Waals surface area contributed by atoms with Crippen molar-refractivity contribution in [3.63, 3.8) is 0 Å². The minimum absolute atomic E-state index is 0.0215. The molecule has 2 aromatic carbocycles. The number of nitrogens with zero attached hydrogens (tertiary/aromatic N) is 1. The zero-order valence-electron chi connectivity index (χ0n) is 21.0. The number of halogens is 2. The quantitative estimate of drug-likeness (QED) is 0.380. The predicted molar refractivity (Wildman–Crippen MR) is 146 cm³/mol. The van der Waals surface area contributed by atoms with Crippen LogP contribution in [0.1, 0.15) is 55.6 Å². The van der Waals surface area contributed by atoms with Crippen molar-refractivity contribution in [3.8, 4) is 0 Å². The summed E-state index contributed by atoms with van der Waals surface area (Å²) in [4.78, 5) is 15.0. The van der Waals surface area contributed by atoms with E-state index in [1.54, 1.807) is 0 Å². The van der Waals surface area contributed by atoms with E-state index in [9.17, 15) is 4.79 Å². The smallest absolute Gasteiger partial charge is 0.246 e. The van der Waals surface area contributed by atoms with Gasteiger partial charge in [0.05, 0.1) is 10.0 Å². The summed E-state index contributed by atoms with van der Waals surface area (Å²) in [6, 6.07) is 16.6. The highest BCUT2D eigenvalue weighted by Crippen LogP contribution is 2.29. The van der Waals surface area contributed by atoms with Gasteiger partial charge in [0, 0.05) is 19.1 Å². The normalized spacial score (nSPS) is 20.2. The molecule has 2 aliphatic rings. The van der Waals surface area contributed by atoms with Crippen LogP contribution in [0.4, 0.5) is 0 Å². The number of hydrogen-bond donors (Lipinski definition) is 1. The van der Waals surface area contributed by atoms with E-state index in [2.05, 4.69) is 40.5 Å². The number of ether oxygens (including phenoxy) is 2. The average Bonchev–Trinajstić information content (AvgIpc) is 2.91. The van der Waals surface area contributed by atoms with Crippen molar-refractivity contribution in [2.75, 3.05) is 39.4 Å². The Morgan fingerprint density at radius 2 is 1.86 bits per heavy atom. The summed E-state index contributed by atoms with van der Waals surface area (Å²) in [5.74, 6) is 0.787. The van der Waals surface area contributed by atoms with Crippen molar-refractivity contribution in [1.29, 1.82) is 0 Å². The topological polar surface area (TPSA) is 50.8 Å². The highest BCUT2D eigenvalue weighted by Gasteiger charge is 2.22. The number of benzene rings is 2. The molecule has 2 aliphatic heterocycles. The van der Waals surface area contributed by atoms with Gasteiger partial charge in [-0.3, -0.25) is 4.79 Å². The highest BCUT2D eigenvalue weighted by molar-refractivity contribution is 6.42. The lowest BCUT2D eigenvalue weighted by atomic mass is 9.89. The maximum Gasteiger partial charge on any atom is 0.246 e. The molecule has 0 radical (unpaired) electrons. The lowest BCUT2D eigenvalue weighted by Gasteiger charge is -2.33. The zero-order valence-corrected chi connectivity index (χ0v) is 22.5. The number of amides is 1. The number of rotatable bonds is 11. The minimum Gasteiger partial charge on any atom is -0.353 e. The molecule has 2 aromatic rings. The molecule has 7 heteroatoms. The second-order valence-electron chi connectivity index (χ2n) is 10.0. The van der Waals surface area contributed by atoms with Gasteiger partial charge in [-0.15, -0.1) is 0 Å². The predicted octanol–water partition coefficient (Wildman–Crippen LogP) is 6.08. The maximum absolute atomic E-state index is 12.5. The molecule has 0 bridgehead atoms. The Hall–Kier alpha value is -1.63. The minimum atomic E-state index is -0.264. The fraction of sp³-hybridized carbons (Fsp3) is 0.552. The van der Waals surface area contributed by atoms with Crippen LogP contribution >= 0.6 is 23.2 Å². The molecular weight excluding hydrogens is 495 g/mol. The molecule has 2 unspecified atom stereocenters. The van der Waals surface area contributed by atoms with Crippen LogP contribution in [-0.4, -0.2) is 56.5 Å². The van der Waals surface area contributed by atoms with Gasteiger partial charge in [0.15, 0.2) is 6.29 Å². The van der Waals surface area contributed by atoms with Gasteiger partial charge in [-0.25, -0.2) is 0 Å². The van der Waals surface area contributed by atoms with E-state index in [-0.39, 0.29) is 24.7 Å². The second-order valence-corrected chi connectivity index (χ2v) is 10.9. The molecular formula is C29H38Cl2N2O3. The van der Waals surface area contributed by atoms with E-state index < -0.39 is 0 Å². The molecule has 0 aliphatic carbocycles. The molecule has 36 heavy (non-hydrogen) atoms. The van der Waals surface area contributed by atoms with Crippen LogP contribution in [0.25, 0.3) is 0 Å². The summed E-state index contributed by atoms with van der Waals surface area (Å²) in [6.07, 6.45) is 7.28. The molecule has 2 atom stereocenters. The molecule has 0 saturated carbocycles. The van der Waals surface area contributed by atoms with Gasteiger partial charge in [0.25, 0.3) is 0 Å². The fourth-order valence-electron chi connectivity index (χ4n) is 5.15. The monoisotopic (exact) mass is 532 g/mol. The van der Waals surface area contributed by atoms with Crippen molar-refractivity contribution in [2.45, 2.75) is 57.2 Å². The molecule has 2 fully saturated rings. The van der Waals surface area contributed by atoms with Crippen LogP contribution < -0.4 is 5.32 Å². The SMILES string of the molecule is O=C(COC1CCCCO1)NCC(CCN1CCC(Cc2ccccc2)CC1)c1ccc(Cl)c(Cl)c1. The number of piperidine rings is 1. The Morgan fingerprint density at radius 3 is 2.58 bits per heavy atom. The molecule has 2 saturated heterocycles. The standard InChI is InChI=1S/C29H38Cl2N2O3/c30-26-10-9-24(19-27(26)31)25(20-32-28(34)21-36-29-8-4-5-17-35-29)13-16-33-14-11-23(12-15-33)18-22-6-2-1-3-7-22/h1-3,6-7,9-10,19,23,25,29H,4-5,8,11-18,20-21H2,(H,32,34). The Bertz CT molecular complexity index is 945. The summed E-state index contributed by atoms with van der Waals surface area (Å²) < 4.78 is 11.2. The Kier molecular flexibility index (Phi) is 10.9. The fourth-order valence-corrected chi connectivity index (χ4v) is 5.46. The summed E-state index contributed by atoms with van der Waals surface area (Å²) in [6.45, 7) is 4.49. The van der Waals surface area contributed by atoms with Crippen LogP contribution in [0.2, 0.25) is 10.0 Å². The van der Waals surface area contributed by atoms with E-state index in [0.717, 1.165) is 56.8 Å². The van der Waals surface area contributed by atoms with E-state index in [4.69, 9.17) is 32.7 Å². The third-order valence-corrected chi connectivity index (χ3v) is 8.11. The zero-order chi connectivity index (χ0) is 25.2. The number of likely N-dealkylation sites (tertiary alicyclic amines) is 1. The molecule has 0 spiro atoms. The van der Waals surface area contributed by atoms with Gasteiger partial charge in [-0.2, -0.15) is 0 Å².